The van der Waals surface area contributed by atoms with Crippen molar-refractivity contribution >= 4 is 39.5 Å². The lowest BCUT2D eigenvalue weighted by molar-refractivity contribution is -0.161. The van der Waals surface area contributed by atoms with Crippen LogP contribution in [0.25, 0.3) is 0 Å². The Labute approximate surface area is 632 Å². The zero-order valence-corrected chi connectivity index (χ0v) is 69.4. The van der Waals surface area contributed by atoms with Gasteiger partial charge in [0.1, 0.15) is 19.3 Å². The Morgan fingerprint density at radius 1 is 0.282 bits per heavy atom. The number of aliphatic hydroxyl groups excluding tert-OH is 1. The van der Waals surface area contributed by atoms with Crippen molar-refractivity contribution in [1.29, 1.82) is 0 Å². The van der Waals surface area contributed by atoms with Crippen LogP contribution in [-0.2, 0) is 65.4 Å². The van der Waals surface area contributed by atoms with E-state index < -0.39 is 97.5 Å². The number of ether oxygens (including phenoxy) is 4. The van der Waals surface area contributed by atoms with Crippen molar-refractivity contribution in [2.24, 2.45) is 11.8 Å². The van der Waals surface area contributed by atoms with Crippen molar-refractivity contribution in [2.75, 3.05) is 39.6 Å². The maximum atomic E-state index is 13.1. The van der Waals surface area contributed by atoms with Crippen LogP contribution in [0.15, 0.2) is 0 Å². The molecule has 0 bridgehead atoms. The molecular weight excluding hydrogens is 1340 g/mol. The van der Waals surface area contributed by atoms with Crippen LogP contribution in [0.4, 0.5) is 0 Å². The van der Waals surface area contributed by atoms with Crippen molar-refractivity contribution in [3.63, 3.8) is 0 Å². The highest BCUT2D eigenvalue weighted by molar-refractivity contribution is 7.47. The molecule has 0 aliphatic heterocycles. The lowest BCUT2D eigenvalue weighted by Crippen LogP contribution is -2.30. The van der Waals surface area contributed by atoms with Gasteiger partial charge in [-0.05, 0) is 37.5 Å². The molecule has 17 nitrogen and oxygen atoms in total. The molecule has 0 aliphatic rings. The molecule has 19 heteroatoms. The Kier molecular flexibility index (Phi) is 74.1. The lowest BCUT2D eigenvalue weighted by Gasteiger charge is -2.21. The van der Waals surface area contributed by atoms with E-state index >= 15 is 0 Å². The first-order chi connectivity index (χ1) is 49.9. The van der Waals surface area contributed by atoms with Gasteiger partial charge in [0.15, 0.2) is 12.2 Å². The molecule has 0 fully saturated rings. The number of carbonyl (C=O) groups is 4. The summed E-state index contributed by atoms with van der Waals surface area (Å²) in [7, 11) is -9.91. The number of hydrogen-bond acceptors (Lipinski definition) is 15. The van der Waals surface area contributed by atoms with E-state index in [2.05, 4.69) is 41.5 Å². The zero-order chi connectivity index (χ0) is 75.6. The first-order valence-electron chi connectivity index (χ1n) is 43.5. The van der Waals surface area contributed by atoms with Gasteiger partial charge in [-0.2, -0.15) is 0 Å². The molecule has 0 radical (unpaired) electrons. The van der Waals surface area contributed by atoms with Gasteiger partial charge in [0.05, 0.1) is 26.4 Å². The molecule has 0 saturated heterocycles. The SMILES string of the molecule is CCCCCCCCCCCCCCCCCCCCCC(=O)OC[C@H](COP(=O)(O)OC[C@@H](O)COP(=O)(O)OC[C@@H](COC(=O)CCCCCCC)OC(=O)CCCCCCCCCCCCCCCCC(C)C)OC(=O)CCCCCCCCCCCCCCCCCCCCC(C)CC. The first-order valence-corrected chi connectivity index (χ1v) is 46.5. The van der Waals surface area contributed by atoms with Gasteiger partial charge in [-0.25, -0.2) is 9.13 Å². The summed E-state index contributed by atoms with van der Waals surface area (Å²) < 4.78 is 68.6. The van der Waals surface area contributed by atoms with Gasteiger partial charge in [0.2, 0.25) is 0 Å². The van der Waals surface area contributed by atoms with Crippen molar-refractivity contribution in [1.82, 2.24) is 0 Å². The number of rotatable bonds is 83. The summed E-state index contributed by atoms with van der Waals surface area (Å²) >= 11 is 0. The topological polar surface area (TPSA) is 237 Å². The number of unbranched alkanes of at least 4 members (excludes halogenated alkanes) is 52. The Balaban J connectivity index is 5.11. The minimum atomic E-state index is -4.96. The van der Waals surface area contributed by atoms with E-state index in [1.54, 1.807) is 0 Å². The first kappa shape index (κ1) is 101. The van der Waals surface area contributed by atoms with Crippen molar-refractivity contribution in [2.45, 2.75) is 464 Å². The highest BCUT2D eigenvalue weighted by atomic mass is 31.2. The predicted molar refractivity (Wildman–Crippen MR) is 423 cm³/mol. The Morgan fingerprint density at radius 2 is 0.495 bits per heavy atom. The van der Waals surface area contributed by atoms with Gasteiger partial charge in [0.25, 0.3) is 0 Å². The molecule has 0 spiro atoms. The number of carbonyl (C=O) groups excluding carboxylic acids is 4. The normalized spacial score (nSPS) is 14.1. The molecule has 0 heterocycles. The Morgan fingerprint density at radius 3 is 0.738 bits per heavy atom. The van der Waals surface area contributed by atoms with Gasteiger partial charge in [-0.15, -0.1) is 0 Å². The third-order valence-electron chi connectivity index (χ3n) is 20.1. The van der Waals surface area contributed by atoms with E-state index in [4.69, 9.17) is 37.0 Å². The fourth-order valence-corrected chi connectivity index (χ4v) is 14.6. The van der Waals surface area contributed by atoms with Gasteiger partial charge >= 0.3 is 39.5 Å². The monoisotopic (exact) mass is 1510 g/mol. The van der Waals surface area contributed by atoms with Gasteiger partial charge in [0, 0.05) is 25.7 Å². The number of hydrogen-bond donors (Lipinski definition) is 3. The highest BCUT2D eigenvalue weighted by Gasteiger charge is 2.30. The quantitative estimate of drug-likeness (QED) is 0.0222. The molecule has 0 aromatic rings. The van der Waals surface area contributed by atoms with Gasteiger partial charge < -0.3 is 33.8 Å². The zero-order valence-electron chi connectivity index (χ0n) is 67.6. The van der Waals surface area contributed by atoms with Crippen molar-refractivity contribution in [3.05, 3.63) is 0 Å². The fraction of sp³-hybridized carbons (Fsp3) is 0.952. The molecule has 0 aliphatic carbocycles. The van der Waals surface area contributed by atoms with Crippen molar-refractivity contribution < 1.29 is 80.2 Å². The average Bonchev–Trinajstić information content (AvgIpc) is 0.999. The molecular formula is C84H164O17P2. The minimum Gasteiger partial charge on any atom is -0.462 e. The van der Waals surface area contributed by atoms with E-state index in [1.807, 2.05) is 0 Å². The molecule has 3 N–H and O–H groups in total. The van der Waals surface area contributed by atoms with E-state index in [9.17, 15) is 43.2 Å². The molecule has 0 aromatic carbocycles. The van der Waals surface area contributed by atoms with Crippen LogP contribution in [-0.4, -0.2) is 96.7 Å². The van der Waals surface area contributed by atoms with Crippen LogP contribution in [0.5, 0.6) is 0 Å². The molecule has 0 rings (SSSR count). The van der Waals surface area contributed by atoms with Crippen LogP contribution < -0.4 is 0 Å². The molecule has 3 unspecified atom stereocenters. The van der Waals surface area contributed by atoms with Gasteiger partial charge in [-0.1, -0.05) is 395 Å². The second kappa shape index (κ2) is 75.5. The molecule has 0 amide bonds. The van der Waals surface area contributed by atoms with Crippen LogP contribution in [0.2, 0.25) is 0 Å². The number of aliphatic hydroxyl groups is 1. The second-order valence-corrected chi connectivity index (χ2v) is 33.8. The van der Waals surface area contributed by atoms with Gasteiger partial charge in [-0.3, -0.25) is 37.3 Å². The number of phosphoric ester groups is 2. The van der Waals surface area contributed by atoms with Crippen LogP contribution in [0.3, 0.4) is 0 Å². The summed E-state index contributed by atoms with van der Waals surface area (Å²) in [5, 5.41) is 10.6. The van der Waals surface area contributed by atoms with E-state index in [0.29, 0.717) is 25.7 Å². The summed E-state index contributed by atoms with van der Waals surface area (Å²) in [5.41, 5.74) is 0. The third kappa shape index (κ3) is 76.6. The summed E-state index contributed by atoms with van der Waals surface area (Å²) in [6, 6.07) is 0. The summed E-state index contributed by atoms with van der Waals surface area (Å²) in [6.07, 6.45) is 67.1. The van der Waals surface area contributed by atoms with E-state index in [-0.39, 0.29) is 25.7 Å². The minimum absolute atomic E-state index is 0.107. The average molecular weight is 1510 g/mol. The van der Waals surface area contributed by atoms with E-state index in [1.165, 1.54) is 257 Å². The number of phosphoric acid groups is 2. The molecule has 0 aromatic heterocycles. The fourth-order valence-electron chi connectivity index (χ4n) is 13.0. The van der Waals surface area contributed by atoms with Crippen LogP contribution in [0, 0.1) is 11.8 Å². The van der Waals surface area contributed by atoms with E-state index in [0.717, 1.165) is 108 Å². The summed E-state index contributed by atoms with van der Waals surface area (Å²) in [6.45, 7) is 9.65. The third-order valence-corrected chi connectivity index (χ3v) is 22.0. The second-order valence-electron chi connectivity index (χ2n) is 30.9. The maximum absolute atomic E-state index is 13.1. The Hall–Kier alpha value is -1.94. The smallest absolute Gasteiger partial charge is 0.462 e. The van der Waals surface area contributed by atoms with Crippen LogP contribution >= 0.6 is 15.6 Å². The Bertz CT molecular complexity index is 1980. The maximum Gasteiger partial charge on any atom is 0.472 e. The lowest BCUT2D eigenvalue weighted by atomic mass is 9.99. The molecule has 612 valence electrons. The largest absolute Gasteiger partial charge is 0.472 e. The number of esters is 4. The summed E-state index contributed by atoms with van der Waals surface area (Å²) in [5.74, 6) is -0.450. The highest BCUT2D eigenvalue weighted by Crippen LogP contribution is 2.45. The predicted octanol–water partition coefficient (Wildman–Crippen LogP) is 25.5. The molecule has 6 atom stereocenters. The standard InChI is InChI=1S/C84H164O17P2/c1-7-10-12-14-15-16-17-18-19-20-21-25-28-34-39-44-49-55-61-67-82(87)95-73-80(101-84(89)69-63-56-50-45-40-35-29-26-23-22-24-27-33-38-43-48-54-59-65-77(6)9-3)75-99-103(92,93)97-71-78(85)70-96-102(90,91)98-74-79(72-94-81(86)66-60-52-13-11-8-2)100-83(88)68-62-57-51-46-41-36-31-30-32-37-42-47-53-58-64-76(4)5/h76-80,85H,7-75H2,1-6H3,(H,90,91)(H,92,93)/t77?,78-,79+,80+/m0/s1. The molecule has 0 saturated carbocycles. The molecule has 103 heavy (non-hydrogen) atoms. The summed E-state index contributed by atoms with van der Waals surface area (Å²) in [4.78, 5) is 72.8. The van der Waals surface area contributed by atoms with Crippen molar-refractivity contribution in [3.8, 4) is 0 Å². The van der Waals surface area contributed by atoms with Crippen LogP contribution in [0.1, 0.15) is 446 Å².